The predicted molar refractivity (Wildman–Crippen MR) is 90.6 cm³/mol. The molecule has 1 aromatic heterocycles. The van der Waals surface area contributed by atoms with Crippen LogP contribution in [-0.2, 0) is 24.2 Å². The van der Waals surface area contributed by atoms with Gasteiger partial charge in [-0.3, -0.25) is 14.4 Å². The van der Waals surface area contributed by atoms with E-state index in [2.05, 4.69) is 20.0 Å². The zero-order valence-electron chi connectivity index (χ0n) is 14.3. The summed E-state index contributed by atoms with van der Waals surface area (Å²) in [4.78, 5) is 14.9. The molecule has 2 N–H and O–H groups in total. The van der Waals surface area contributed by atoms with Gasteiger partial charge in [0.1, 0.15) is 0 Å². The van der Waals surface area contributed by atoms with Gasteiger partial charge in [0.05, 0.1) is 18.7 Å². The number of amides is 1. The summed E-state index contributed by atoms with van der Waals surface area (Å²) in [7, 11) is 0. The molecule has 1 saturated heterocycles. The number of likely N-dealkylation sites (tertiary alicyclic amines) is 1. The molecule has 1 saturated carbocycles. The maximum absolute atomic E-state index is 12.6. The number of nitrogens with one attached hydrogen (secondary N) is 1. The average molecular weight is 332 g/mol. The summed E-state index contributed by atoms with van der Waals surface area (Å²) >= 11 is 0. The van der Waals surface area contributed by atoms with Gasteiger partial charge in [0, 0.05) is 43.0 Å². The van der Waals surface area contributed by atoms with Crippen molar-refractivity contribution in [1.82, 2.24) is 20.0 Å². The predicted octanol–water partition coefficient (Wildman–Crippen LogP) is 0.866. The molecule has 0 radical (unpaired) electrons. The van der Waals surface area contributed by atoms with E-state index >= 15 is 0 Å². The van der Waals surface area contributed by atoms with Crippen molar-refractivity contribution < 1.29 is 9.90 Å². The Balaban J connectivity index is 1.36. The first-order valence-electron chi connectivity index (χ1n) is 9.46. The molecule has 1 aliphatic carbocycles. The second-order valence-electron chi connectivity index (χ2n) is 7.58. The Kier molecular flexibility index (Phi) is 4.59. The van der Waals surface area contributed by atoms with Crippen molar-refractivity contribution in [1.29, 1.82) is 0 Å². The van der Waals surface area contributed by atoms with Crippen molar-refractivity contribution in [2.24, 2.45) is 0 Å². The third kappa shape index (κ3) is 3.22. The van der Waals surface area contributed by atoms with Gasteiger partial charge >= 0.3 is 0 Å². The minimum atomic E-state index is -0.194. The molecule has 3 aliphatic rings. The number of aliphatic hydroxyl groups excluding tert-OH is 1. The van der Waals surface area contributed by atoms with E-state index in [4.69, 9.17) is 0 Å². The van der Waals surface area contributed by atoms with E-state index in [1.165, 1.54) is 18.5 Å². The van der Waals surface area contributed by atoms with E-state index in [0.717, 1.165) is 57.3 Å². The summed E-state index contributed by atoms with van der Waals surface area (Å²) in [5, 5.41) is 17.5. The molecular weight excluding hydrogens is 304 g/mol. The maximum atomic E-state index is 12.6. The zero-order valence-corrected chi connectivity index (χ0v) is 14.3. The topological polar surface area (TPSA) is 70.4 Å². The highest BCUT2D eigenvalue weighted by molar-refractivity contribution is 5.79. The molecular formula is C18H28N4O2. The van der Waals surface area contributed by atoms with Crippen LogP contribution in [0.3, 0.4) is 0 Å². The summed E-state index contributed by atoms with van der Waals surface area (Å²) in [6, 6.07) is 0.626. The van der Waals surface area contributed by atoms with Crippen LogP contribution in [0.2, 0.25) is 0 Å². The van der Waals surface area contributed by atoms with Crippen molar-refractivity contribution in [3.8, 4) is 0 Å². The molecule has 132 valence electrons. The van der Waals surface area contributed by atoms with Gasteiger partial charge in [0.15, 0.2) is 0 Å². The first-order valence-corrected chi connectivity index (χ1v) is 9.46. The van der Waals surface area contributed by atoms with Gasteiger partial charge in [-0.25, -0.2) is 0 Å². The smallest absolute Gasteiger partial charge is 0.224 e. The standard InChI is InChI=1S/C18H28N4O2/c23-14-7-9-21(12-14)17-6-3-4-15(17)20-18(24)10-13-11-19-22-8-2-1-5-16(13)22/h11,14-15,17,23H,1-10,12H2,(H,20,24)/t14?,15-,17+/m1/s1. The number of carbonyl (C=O) groups is 1. The second-order valence-corrected chi connectivity index (χ2v) is 7.58. The Morgan fingerprint density at radius 1 is 1.25 bits per heavy atom. The van der Waals surface area contributed by atoms with E-state index in [1.54, 1.807) is 0 Å². The third-order valence-corrected chi connectivity index (χ3v) is 5.91. The molecule has 0 spiro atoms. The van der Waals surface area contributed by atoms with Gasteiger partial charge in [-0.2, -0.15) is 5.10 Å². The minimum Gasteiger partial charge on any atom is -0.392 e. The van der Waals surface area contributed by atoms with Crippen LogP contribution in [0.4, 0.5) is 0 Å². The van der Waals surface area contributed by atoms with Gasteiger partial charge in [0.2, 0.25) is 5.91 Å². The monoisotopic (exact) mass is 332 g/mol. The van der Waals surface area contributed by atoms with E-state index in [1.807, 2.05) is 6.20 Å². The number of aromatic nitrogens is 2. The largest absolute Gasteiger partial charge is 0.392 e. The van der Waals surface area contributed by atoms with Crippen molar-refractivity contribution in [2.75, 3.05) is 13.1 Å². The molecule has 1 amide bonds. The lowest BCUT2D eigenvalue weighted by Gasteiger charge is -2.29. The molecule has 2 aliphatic heterocycles. The zero-order chi connectivity index (χ0) is 16.5. The molecule has 1 aromatic rings. The van der Waals surface area contributed by atoms with Gasteiger partial charge in [-0.1, -0.05) is 0 Å². The van der Waals surface area contributed by atoms with E-state index < -0.39 is 0 Å². The Morgan fingerprint density at radius 3 is 3.00 bits per heavy atom. The number of nitrogens with zero attached hydrogens (tertiary/aromatic N) is 3. The highest BCUT2D eigenvalue weighted by Crippen LogP contribution is 2.27. The summed E-state index contributed by atoms with van der Waals surface area (Å²) < 4.78 is 2.07. The van der Waals surface area contributed by atoms with Crippen LogP contribution in [0.1, 0.15) is 49.8 Å². The van der Waals surface area contributed by atoms with Gasteiger partial charge in [-0.15, -0.1) is 0 Å². The van der Waals surface area contributed by atoms with E-state index in [-0.39, 0.29) is 18.1 Å². The summed E-state index contributed by atoms with van der Waals surface area (Å²) in [6.45, 7) is 2.70. The van der Waals surface area contributed by atoms with Crippen LogP contribution in [0, 0.1) is 0 Å². The van der Waals surface area contributed by atoms with E-state index in [9.17, 15) is 9.90 Å². The Labute approximate surface area is 143 Å². The highest BCUT2D eigenvalue weighted by Gasteiger charge is 2.36. The van der Waals surface area contributed by atoms with Crippen molar-refractivity contribution in [3.05, 3.63) is 17.5 Å². The number of aryl methyl sites for hydroxylation is 1. The molecule has 4 rings (SSSR count). The second kappa shape index (κ2) is 6.84. The average Bonchev–Trinajstić information content (AvgIpc) is 3.28. The van der Waals surface area contributed by atoms with Crippen LogP contribution in [0.15, 0.2) is 6.20 Å². The first-order chi connectivity index (χ1) is 11.7. The molecule has 6 nitrogen and oxygen atoms in total. The number of carbonyl (C=O) groups excluding carboxylic acids is 1. The fourth-order valence-electron chi connectivity index (χ4n) is 4.68. The van der Waals surface area contributed by atoms with Crippen LogP contribution in [0.25, 0.3) is 0 Å². The van der Waals surface area contributed by atoms with Gasteiger partial charge in [-0.05, 0) is 44.9 Å². The first kappa shape index (κ1) is 16.1. The maximum Gasteiger partial charge on any atom is 0.224 e. The fraction of sp³-hybridized carbons (Fsp3) is 0.778. The quantitative estimate of drug-likeness (QED) is 0.858. The number of β-amino-alcohol motifs (C(OH)–C–C–N with tert-alkyl or cyclic N) is 1. The molecule has 24 heavy (non-hydrogen) atoms. The van der Waals surface area contributed by atoms with Gasteiger partial charge in [0.25, 0.3) is 0 Å². The lowest BCUT2D eigenvalue weighted by molar-refractivity contribution is -0.121. The normalized spacial score (nSPS) is 30.5. The van der Waals surface area contributed by atoms with Crippen LogP contribution < -0.4 is 5.32 Å². The van der Waals surface area contributed by atoms with Crippen molar-refractivity contribution in [3.63, 3.8) is 0 Å². The molecule has 6 heteroatoms. The number of hydrogen-bond acceptors (Lipinski definition) is 4. The molecule has 3 atom stereocenters. The highest BCUT2D eigenvalue weighted by atomic mass is 16.3. The lowest BCUT2D eigenvalue weighted by atomic mass is 10.0. The number of hydrogen-bond donors (Lipinski definition) is 2. The number of fused-ring (bicyclic) bond motifs is 1. The summed E-state index contributed by atoms with van der Waals surface area (Å²) in [5.74, 6) is 0.119. The van der Waals surface area contributed by atoms with E-state index in [0.29, 0.717) is 12.5 Å². The Morgan fingerprint density at radius 2 is 2.17 bits per heavy atom. The number of aliphatic hydroxyl groups is 1. The SMILES string of the molecule is O=C(Cc1cnn2c1CCCC2)N[C@@H]1CCC[C@@H]1N1CCC(O)C1. The van der Waals surface area contributed by atoms with Crippen LogP contribution in [0.5, 0.6) is 0 Å². The Bertz CT molecular complexity index is 600. The van der Waals surface area contributed by atoms with Gasteiger partial charge < -0.3 is 10.4 Å². The fourth-order valence-corrected chi connectivity index (χ4v) is 4.68. The summed E-state index contributed by atoms with van der Waals surface area (Å²) in [6.07, 6.45) is 9.75. The van der Waals surface area contributed by atoms with Crippen LogP contribution in [-0.4, -0.2) is 57.0 Å². The van der Waals surface area contributed by atoms with Crippen molar-refractivity contribution in [2.45, 2.75) is 76.1 Å². The third-order valence-electron chi connectivity index (χ3n) is 5.91. The summed E-state index contributed by atoms with van der Waals surface area (Å²) in [5.41, 5.74) is 2.35. The molecule has 1 unspecified atom stereocenters. The molecule has 3 heterocycles. The number of rotatable bonds is 4. The molecule has 2 fully saturated rings. The molecule has 0 bridgehead atoms. The minimum absolute atomic E-state index is 0.119. The lowest BCUT2D eigenvalue weighted by Crippen LogP contribution is -2.48. The van der Waals surface area contributed by atoms with Crippen LogP contribution >= 0.6 is 0 Å². The molecule has 0 aromatic carbocycles. The van der Waals surface area contributed by atoms with Crippen molar-refractivity contribution >= 4 is 5.91 Å². The Hall–Kier alpha value is -1.40.